The molecule has 34 heavy (non-hydrogen) atoms. The number of aromatic nitrogens is 6. The maximum atomic E-state index is 15.2. The Morgan fingerprint density at radius 2 is 1.79 bits per heavy atom. The summed E-state index contributed by atoms with van der Waals surface area (Å²) >= 11 is 0. The van der Waals surface area contributed by atoms with Gasteiger partial charge in [-0.25, -0.2) is 14.4 Å². The topological polar surface area (TPSA) is 99.2 Å². The predicted octanol–water partition coefficient (Wildman–Crippen LogP) is 3.68. The van der Waals surface area contributed by atoms with E-state index in [2.05, 4.69) is 48.2 Å². The lowest BCUT2D eigenvalue weighted by molar-refractivity contribution is -0.120. The average Bonchev–Trinajstić information content (AvgIpc) is 3.42. The Morgan fingerprint density at radius 1 is 1.09 bits per heavy atom. The van der Waals surface area contributed by atoms with Crippen LogP contribution in [0.3, 0.4) is 0 Å². The van der Waals surface area contributed by atoms with Crippen LogP contribution in [-0.2, 0) is 4.79 Å². The van der Waals surface area contributed by atoms with E-state index in [1.165, 1.54) is 18.5 Å². The molecule has 5 rings (SSSR count). The summed E-state index contributed by atoms with van der Waals surface area (Å²) in [6, 6.07) is 5.15. The van der Waals surface area contributed by atoms with Crippen LogP contribution in [0.1, 0.15) is 52.1 Å². The number of carbonyl (C=O) groups excluding carboxylic acids is 1. The van der Waals surface area contributed by atoms with E-state index >= 15 is 4.39 Å². The van der Waals surface area contributed by atoms with E-state index in [9.17, 15) is 4.79 Å². The largest absolute Gasteiger partial charge is 0.425 e. The van der Waals surface area contributed by atoms with Crippen LogP contribution in [-0.4, -0.2) is 46.9 Å². The Labute approximate surface area is 196 Å². The lowest BCUT2D eigenvalue weighted by atomic mass is 9.74. The van der Waals surface area contributed by atoms with Crippen molar-refractivity contribution in [2.24, 2.45) is 0 Å². The summed E-state index contributed by atoms with van der Waals surface area (Å²) in [4.78, 5) is 21.7. The molecule has 1 aromatic carbocycles. The molecule has 0 saturated carbocycles. The van der Waals surface area contributed by atoms with Gasteiger partial charge >= 0.3 is 0 Å². The molecule has 0 radical (unpaired) electrons. The van der Waals surface area contributed by atoms with E-state index in [1.54, 1.807) is 16.7 Å². The van der Waals surface area contributed by atoms with Gasteiger partial charge in [0.2, 0.25) is 5.78 Å². The molecule has 0 amide bonds. The number of rotatable bonds is 5. The molecule has 0 spiro atoms. The third-order valence-electron chi connectivity index (χ3n) is 6.11. The summed E-state index contributed by atoms with van der Waals surface area (Å²) in [6.45, 7) is 9.02. The quantitative estimate of drug-likeness (QED) is 0.451. The molecule has 4 heterocycles. The third-order valence-corrected chi connectivity index (χ3v) is 6.11. The molecule has 0 atom stereocenters. The number of halogens is 1. The van der Waals surface area contributed by atoms with E-state index in [0.29, 0.717) is 17.0 Å². The minimum absolute atomic E-state index is 0.00934. The highest BCUT2D eigenvalue weighted by atomic mass is 19.1. The van der Waals surface area contributed by atoms with Crippen LogP contribution in [0.2, 0.25) is 0 Å². The number of ether oxygens (including phenoxy) is 1. The Bertz CT molecular complexity index is 1350. The Hall–Kier alpha value is -3.66. The van der Waals surface area contributed by atoms with Gasteiger partial charge in [-0.15, -0.1) is 4.80 Å². The highest BCUT2D eigenvalue weighted by Crippen LogP contribution is 2.39. The van der Waals surface area contributed by atoms with Crippen LogP contribution in [0, 0.1) is 5.82 Å². The highest BCUT2D eigenvalue weighted by Gasteiger charge is 2.38. The summed E-state index contributed by atoms with van der Waals surface area (Å²) in [7, 11) is 0. The van der Waals surface area contributed by atoms with Gasteiger partial charge in [-0.1, -0.05) is 0 Å². The van der Waals surface area contributed by atoms with Crippen molar-refractivity contribution in [3.8, 4) is 22.7 Å². The second kappa shape index (κ2) is 7.98. The van der Waals surface area contributed by atoms with Crippen molar-refractivity contribution >= 4 is 12.2 Å². The summed E-state index contributed by atoms with van der Waals surface area (Å²) in [5, 5.41) is 11.6. The zero-order chi connectivity index (χ0) is 24.1. The molecule has 10 heteroatoms. The first-order valence-electron chi connectivity index (χ1n) is 11.1. The molecule has 4 aromatic rings. The van der Waals surface area contributed by atoms with Gasteiger partial charge in [-0.2, -0.15) is 10.2 Å². The molecule has 1 N–H and O–H groups in total. The van der Waals surface area contributed by atoms with Crippen molar-refractivity contribution in [1.29, 1.82) is 0 Å². The van der Waals surface area contributed by atoms with Gasteiger partial charge in [-0.05, 0) is 58.7 Å². The Morgan fingerprint density at radius 3 is 2.47 bits per heavy atom. The molecule has 1 aliphatic rings. The summed E-state index contributed by atoms with van der Waals surface area (Å²) < 4.78 is 22.0. The molecule has 0 bridgehead atoms. The van der Waals surface area contributed by atoms with Gasteiger partial charge in [0, 0.05) is 40.6 Å². The van der Waals surface area contributed by atoms with Crippen molar-refractivity contribution < 1.29 is 13.9 Å². The molecule has 1 aliphatic heterocycles. The van der Waals surface area contributed by atoms with Crippen molar-refractivity contribution in [1.82, 2.24) is 34.7 Å². The van der Waals surface area contributed by atoms with Gasteiger partial charge in [-0.3, -0.25) is 9.20 Å². The molecule has 176 valence electrons. The molecule has 9 nitrogen and oxygen atoms in total. The van der Waals surface area contributed by atoms with Crippen molar-refractivity contribution in [3.05, 3.63) is 54.5 Å². The second-order valence-corrected chi connectivity index (χ2v) is 9.99. The molecule has 1 saturated heterocycles. The van der Waals surface area contributed by atoms with E-state index < -0.39 is 5.82 Å². The molecule has 1 fully saturated rings. The molecule has 0 aliphatic carbocycles. The van der Waals surface area contributed by atoms with Crippen LogP contribution in [0.5, 0.6) is 5.75 Å². The van der Waals surface area contributed by atoms with E-state index in [1.807, 2.05) is 12.3 Å². The number of carbonyl (C=O) groups is 1. The van der Waals surface area contributed by atoms with Crippen LogP contribution in [0.4, 0.5) is 4.39 Å². The number of hydrogen-bond acceptors (Lipinski definition) is 7. The van der Waals surface area contributed by atoms with Crippen molar-refractivity contribution in [3.63, 3.8) is 0 Å². The van der Waals surface area contributed by atoms with Crippen molar-refractivity contribution in [2.75, 3.05) is 0 Å². The lowest BCUT2D eigenvalue weighted by Crippen LogP contribution is -2.57. The average molecular weight is 464 g/mol. The van der Waals surface area contributed by atoms with E-state index in [0.717, 1.165) is 23.3 Å². The van der Waals surface area contributed by atoms with Crippen LogP contribution >= 0.6 is 0 Å². The number of piperidine rings is 1. The summed E-state index contributed by atoms with van der Waals surface area (Å²) in [5.74, 6) is -0.221. The number of benzene rings is 1. The van der Waals surface area contributed by atoms with Gasteiger partial charge < -0.3 is 10.1 Å². The number of nitrogens with zero attached hydrogens (tertiary/aromatic N) is 6. The lowest BCUT2D eigenvalue weighted by Gasteiger charge is -2.46. The molecular weight excluding hydrogens is 437 g/mol. The number of imidazole rings is 1. The minimum Gasteiger partial charge on any atom is -0.425 e. The van der Waals surface area contributed by atoms with Gasteiger partial charge in [0.25, 0.3) is 6.47 Å². The first-order valence-corrected chi connectivity index (χ1v) is 11.1. The maximum absolute atomic E-state index is 15.2. The maximum Gasteiger partial charge on any atom is 0.298 e. The minimum atomic E-state index is -0.759. The summed E-state index contributed by atoms with van der Waals surface area (Å²) in [5.41, 5.74) is 1.78. The number of hydrogen-bond donors (Lipinski definition) is 1. The third kappa shape index (κ3) is 4.05. The van der Waals surface area contributed by atoms with Gasteiger partial charge in [0.15, 0.2) is 11.6 Å². The molecule has 3 aromatic heterocycles. The fourth-order valence-corrected chi connectivity index (χ4v) is 5.18. The fraction of sp³-hybridized carbons (Fsp3) is 0.375. The summed E-state index contributed by atoms with van der Waals surface area (Å²) in [6.07, 6.45) is 8.43. The monoisotopic (exact) mass is 463 g/mol. The number of nitrogens with one attached hydrogen (secondary N) is 1. The normalized spacial score (nSPS) is 17.7. The zero-order valence-corrected chi connectivity index (χ0v) is 19.5. The fourth-order valence-electron chi connectivity index (χ4n) is 5.18. The Kier molecular flexibility index (Phi) is 5.20. The first-order chi connectivity index (χ1) is 16.2. The highest BCUT2D eigenvalue weighted by molar-refractivity contribution is 5.72. The molecular formula is C24H26FN7O2. The van der Waals surface area contributed by atoms with Gasteiger partial charge in [0.1, 0.15) is 5.69 Å². The number of fused-ring (bicyclic) bond motifs is 1. The van der Waals surface area contributed by atoms with E-state index in [-0.39, 0.29) is 34.9 Å². The second-order valence-electron chi connectivity index (χ2n) is 9.99. The standard InChI is InChI=1S/C24H26FN7O2/c1-23(2)11-15(12-24(3,4)30-23)17-7-10-31-13-18(29-22(31)28-17)16-5-6-19(32-26-8-9-27-32)20(25)21(16)34-14-33/h5-10,13-15,30H,11-12H2,1-4H3. The SMILES string of the molecule is CC1(C)CC(c2ccn3cc(-c4ccc(-n5nccn5)c(F)c4OC=O)nc3n2)CC(C)(C)N1. The van der Waals surface area contributed by atoms with Crippen LogP contribution in [0.25, 0.3) is 22.7 Å². The molecule has 0 unspecified atom stereocenters. The zero-order valence-electron chi connectivity index (χ0n) is 19.5. The Balaban J connectivity index is 1.54. The first kappa shape index (κ1) is 22.1. The van der Waals surface area contributed by atoms with Crippen molar-refractivity contribution in [2.45, 2.75) is 57.5 Å². The smallest absolute Gasteiger partial charge is 0.298 e. The van der Waals surface area contributed by atoms with E-state index in [4.69, 9.17) is 9.72 Å². The van der Waals surface area contributed by atoms with Crippen LogP contribution in [0.15, 0.2) is 43.0 Å². The predicted molar refractivity (Wildman–Crippen MR) is 123 cm³/mol. The van der Waals surface area contributed by atoms with Crippen LogP contribution < -0.4 is 10.1 Å². The van der Waals surface area contributed by atoms with Gasteiger partial charge in [0.05, 0.1) is 18.1 Å².